The van der Waals surface area contributed by atoms with E-state index in [-0.39, 0.29) is 12.9 Å². The van der Waals surface area contributed by atoms with Crippen LogP contribution in [0.3, 0.4) is 0 Å². The largest absolute Gasteiger partial charge is 0.493 e. The third-order valence-corrected chi connectivity index (χ3v) is 4.88. The second kappa shape index (κ2) is 6.61. The van der Waals surface area contributed by atoms with Crippen molar-refractivity contribution in [1.82, 2.24) is 0 Å². The maximum Gasteiger partial charge on any atom is 0.231 e. The Morgan fingerprint density at radius 1 is 0.962 bits per heavy atom. The van der Waals surface area contributed by atoms with Crippen LogP contribution in [0.25, 0.3) is 11.1 Å². The van der Waals surface area contributed by atoms with Gasteiger partial charge in [0.1, 0.15) is 0 Å². The molecule has 2 aliphatic heterocycles. The molecule has 0 aliphatic carbocycles. The molecule has 0 fully saturated rings. The quantitative estimate of drug-likeness (QED) is 0.821. The first-order valence-electron chi connectivity index (χ1n) is 8.59. The topological polar surface area (TPSA) is 55.4 Å². The number of benzene rings is 2. The number of ether oxygens (including phenoxy) is 6. The van der Waals surface area contributed by atoms with E-state index in [9.17, 15) is 0 Å². The molecular formula is C20H22O6. The maximum atomic E-state index is 6.19. The molecule has 2 aromatic rings. The molecule has 2 heterocycles. The van der Waals surface area contributed by atoms with Gasteiger partial charge in [-0.15, -0.1) is 0 Å². The standard InChI is InChI=1S/C20H22O6/c1-5-14-12-7-15-16(26-10-25-15)8-13(12)18-11(9-24-14)6-17(21-2)19(22-3)20(18)23-4/h6-8,14H,5,9-10H2,1-4H3/t14-/m0/s1. The number of hydrogen-bond donors (Lipinski definition) is 0. The summed E-state index contributed by atoms with van der Waals surface area (Å²) in [4.78, 5) is 0. The molecule has 0 radical (unpaired) electrons. The minimum atomic E-state index is -0.0476. The fraction of sp³-hybridized carbons (Fsp3) is 0.400. The van der Waals surface area contributed by atoms with E-state index in [1.807, 2.05) is 18.2 Å². The van der Waals surface area contributed by atoms with Gasteiger partial charge in [0.2, 0.25) is 12.5 Å². The van der Waals surface area contributed by atoms with Crippen LogP contribution in [0.4, 0.5) is 0 Å². The predicted octanol–water partition coefficient (Wildman–Crippen LogP) is 4.09. The van der Waals surface area contributed by atoms with Gasteiger partial charge in [-0.1, -0.05) is 6.92 Å². The van der Waals surface area contributed by atoms with Crippen molar-refractivity contribution in [3.05, 3.63) is 29.3 Å². The van der Waals surface area contributed by atoms with E-state index < -0.39 is 0 Å². The van der Waals surface area contributed by atoms with Gasteiger partial charge in [-0.05, 0) is 41.3 Å². The van der Waals surface area contributed by atoms with Crippen LogP contribution in [0.1, 0.15) is 30.6 Å². The molecule has 2 aliphatic rings. The summed E-state index contributed by atoms with van der Waals surface area (Å²) in [6.07, 6.45) is 0.797. The zero-order valence-electron chi connectivity index (χ0n) is 15.4. The molecule has 1 atom stereocenters. The summed E-state index contributed by atoms with van der Waals surface area (Å²) in [7, 11) is 4.85. The van der Waals surface area contributed by atoms with Crippen LogP contribution in [0, 0.1) is 0 Å². The van der Waals surface area contributed by atoms with Crippen LogP contribution in [0.2, 0.25) is 0 Å². The SMILES string of the molecule is CC[C@@H]1OCc2cc(OC)c(OC)c(OC)c2-c2cc3c(cc21)OCO3. The van der Waals surface area contributed by atoms with Gasteiger partial charge in [-0.3, -0.25) is 0 Å². The van der Waals surface area contributed by atoms with E-state index >= 15 is 0 Å². The highest BCUT2D eigenvalue weighted by Gasteiger charge is 2.31. The van der Waals surface area contributed by atoms with E-state index in [1.165, 1.54) is 0 Å². The molecule has 0 spiro atoms. The molecule has 138 valence electrons. The van der Waals surface area contributed by atoms with E-state index in [2.05, 4.69) is 6.92 Å². The Labute approximate surface area is 152 Å². The summed E-state index contributed by atoms with van der Waals surface area (Å²) in [5.41, 5.74) is 3.98. The van der Waals surface area contributed by atoms with Gasteiger partial charge in [0.25, 0.3) is 0 Å². The average molecular weight is 358 g/mol. The van der Waals surface area contributed by atoms with E-state index in [1.54, 1.807) is 21.3 Å². The predicted molar refractivity (Wildman–Crippen MR) is 95.5 cm³/mol. The van der Waals surface area contributed by atoms with Crippen LogP contribution in [-0.2, 0) is 11.3 Å². The van der Waals surface area contributed by atoms with Crippen molar-refractivity contribution in [2.45, 2.75) is 26.1 Å². The average Bonchev–Trinajstić information content (AvgIpc) is 3.07. The monoisotopic (exact) mass is 358 g/mol. The molecule has 0 amide bonds. The first-order chi connectivity index (χ1) is 12.7. The van der Waals surface area contributed by atoms with Crippen molar-refractivity contribution in [1.29, 1.82) is 0 Å². The zero-order chi connectivity index (χ0) is 18.3. The Kier molecular flexibility index (Phi) is 4.28. The highest BCUT2D eigenvalue weighted by Crippen LogP contribution is 2.52. The summed E-state index contributed by atoms with van der Waals surface area (Å²) in [6, 6.07) is 5.96. The van der Waals surface area contributed by atoms with Gasteiger partial charge in [0.15, 0.2) is 23.0 Å². The van der Waals surface area contributed by atoms with Crippen LogP contribution in [0.15, 0.2) is 18.2 Å². The van der Waals surface area contributed by atoms with Crippen molar-refractivity contribution >= 4 is 0 Å². The summed E-state index contributed by atoms with van der Waals surface area (Å²) in [5.74, 6) is 3.27. The Morgan fingerprint density at radius 3 is 2.35 bits per heavy atom. The third kappa shape index (κ3) is 2.44. The lowest BCUT2D eigenvalue weighted by Crippen LogP contribution is -2.01. The van der Waals surface area contributed by atoms with Gasteiger partial charge < -0.3 is 28.4 Å². The van der Waals surface area contributed by atoms with Crippen LogP contribution < -0.4 is 23.7 Å². The zero-order valence-corrected chi connectivity index (χ0v) is 15.4. The van der Waals surface area contributed by atoms with Gasteiger partial charge in [-0.25, -0.2) is 0 Å². The smallest absolute Gasteiger partial charge is 0.231 e. The molecule has 4 rings (SSSR count). The number of fused-ring (bicyclic) bond motifs is 4. The van der Waals surface area contributed by atoms with Crippen molar-refractivity contribution < 1.29 is 28.4 Å². The highest BCUT2D eigenvalue weighted by molar-refractivity contribution is 5.84. The van der Waals surface area contributed by atoms with Gasteiger partial charge in [0.05, 0.1) is 34.0 Å². The first-order valence-corrected chi connectivity index (χ1v) is 8.59. The molecule has 26 heavy (non-hydrogen) atoms. The van der Waals surface area contributed by atoms with Gasteiger partial charge in [-0.2, -0.15) is 0 Å². The Balaban J connectivity index is 2.04. The minimum Gasteiger partial charge on any atom is -0.493 e. The van der Waals surface area contributed by atoms with Gasteiger partial charge in [0, 0.05) is 5.56 Å². The number of hydrogen-bond acceptors (Lipinski definition) is 6. The molecule has 0 N–H and O–H groups in total. The lowest BCUT2D eigenvalue weighted by molar-refractivity contribution is 0.0393. The van der Waals surface area contributed by atoms with E-state index in [0.29, 0.717) is 23.9 Å². The fourth-order valence-electron chi connectivity index (χ4n) is 3.67. The van der Waals surface area contributed by atoms with Crippen molar-refractivity contribution in [2.75, 3.05) is 28.1 Å². The summed E-state index contributed by atoms with van der Waals surface area (Å²) < 4.78 is 34.2. The van der Waals surface area contributed by atoms with E-state index in [4.69, 9.17) is 28.4 Å². The molecule has 2 aromatic carbocycles. The van der Waals surface area contributed by atoms with Crippen LogP contribution in [0.5, 0.6) is 28.7 Å². The fourth-order valence-corrected chi connectivity index (χ4v) is 3.67. The van der Waals surface area contributed by atoms with E-state index in [0.717, 1.165) is 40.2 Å². The van der Waals surface area contributed by atoms with Crippen molar-refractivity contribution in [3.8, 4) is 39.9 Å². The molecule has 6 heteroatoms. The Bertz CT molecular complexity index is 845. The Hall–Kier alpha value is -2.60. The van der Waals surface area contributed by atoms with Gasteiger partial charge >= 0.3 is 0 Å². The molecule has 0 bridgehead atoms. The minimum absolute atomic E-state index is 0.0476. The third-order valence-electron chi connectivity index (χ3n) is 4.88. The molecule has 0 unspecified atom stereocenters. The molecule has 0 aromatic heterocycles. The summed E-state index contributed by atoms with van der Waals surface area (Å²) in [6.45, 7) is 2.78. The lowest BCUT2D eigenvalue weighted by Gasteiger charge is -2.19. The van der Waals surface area contributed by atoms with Crippen molar-refractivity contribution in [2.24, 2.45) is 0 Å². The molecular weight excluding hydrogens is 336 g/mol. The number of rotatable bonds is 4. The van der Waals surface area contributed by atoms with Crippen molar-refractivity contribution in [3.63, 3.8) is 0 Å². The second-order valence-electron chi connectivity index (χ2n) is 6.18. The normalized spacial score (nSPS) is 17.2. The summed E-state index contributed by atoms with van der Waals surface area (Å²) >= 11 is 0. The molecule has 6 nitrogen and oxygen atoms in total. The second-order valence-corrected chi connectivity index (χ2v) is 6.18. The van der Waals surface area contributed by atoms with Crippen LogP contribution in [-0.4, -0.2) is 28.1 Å². The first kappa shape index (κ1) is 16.8. The lowest BCUT2D eigenvalue weighted by atomic mass is 9.91. The molecule has 0 saturated heterocycles. The van der Waals surface area contributed by atoms with Crippen LogP contribution >= 0.6 is 0 Å². The summed E-state index contributed by atoms with van der Waals surface area (Å²) in [5, 5.41) is 0. The number of methoxy groups -OCH3 is 3. The molecule has 0 saturated carbocycles. The maximum absolute atomic E-state index is 6.19. The Morgan fingerprint density at radius 2 is 1.69 bits per heavy atom. The highest BCUT2D eigenvalue weighted by atomic mass is 16.7.